The van der Waals surface area contributed by atoms with Crippen LogP contribution in [0.5, 0.6) is 0 Å². The van der Waals surface area contributed by atoms with Crippen LogP contribution in [0.2, 0.25) is 0 Å². The van der Waals surface area contributed by atoms with Crippen molar-refractivity contribution in [3.05, 3.63) is 17.5 Å². The van der Waals surface area contributed by atoms with Gasteiger partial charge in [-0.3, -0.25) is 0 Å². The summed E-state index contributed by atoms with van der Waals surface area (Å²) in [4.78, 5) is 11.2. The molecule has 1 aromatic rings. The van der Waals surface area contributed by atoms with Crippen LogP contribution in [0.4, 0.5) is 5.95 Å². The summed E-state index contributed by atoms with van der Waals surface area (Å²) in [6, 6.07) is 1.93. The number of piperidine rings is 1. The minimum Gasteiger partial charge on any atom is -0.379 e. The Morgan fingerprint density at radius 2 is 2.28 bits per heavy atom. The van der Waals surface area contributed by atoms with Crippen molar-refractivity contribution >= 4 is 5.95 Å². The van der Waals surface area contributed by atoms with E-state index in [1.165, 1.54) is 0 Å². The number of hydrogen-bond acceptors (Lipinski definition) is 5. The fourth-order valence-corrected chi connectivity index (χ4v) is 2.39. The Labute approximate surface area is 108 Å². The lowest BCUT2D eigenvalue weighted by Crippen LogP contribution is -2.44. The van der Waals surface area contributed by atoms with Crippen LogP contribution < -0.4 is 10.6 Å². The van der Waals surface area contributed by atoms with E-state index in [0.29, 0.717) is 12.5 Å². The average Bonchev–Trinajstić information content (AvgIpc) is 2.38. The normalized spacial score (nSPS) is 24.3. The van der Waals surface area contributed by atoms with Crippen LogP contribution in [-0.2, 0) is 11.3 Å². The molecule has 0 amide bonds. The van der Waals surface area contributed by atoms with Gasteiger partial charge in [0.15, 0.2) is 0 Å². The molecule has 2 rings (SSSR count). The van der Waals surface area contributed by atoms with Crippen molar-refractivity contribution in [2.75, 3.05) is 25.1 Å². The Kier molecular flexibility index (Phi) is 4.14. The summed E-state index contributed by atoms with van der Waals surface area (Å²) in [7, 11) is 1.77. The molecule has 0 spiro atoms. The van der Waals surface area contributed by atoms with Gasteiger partial charge in [0.1, 0.15) is 0 Å². The molecule has 1 aliphatic rings. The molecular weight excluding hydrogens is 228 g/mol. The number of nitrogens with two attached hydrogens (primary N) is 1. The Morgan fingerprint density at radius 3 is 2.94 bits per heavy atom. The summed E-state index contributed by atoms with van der Waals surface area (Å²) in [5, 5.41) is 0. The molecule has 1 saturated heterocycles. The standard InChI is InChI=1S/C13H22N4O/c1-9-4-5-17(8-12(9)18-3)13-15-10(2)6-11(7-14)16-13/h6,9,12H,4-5,7-8,14H2,1-3H3. The predicted octanol–water partition coefficient (Wildman–Crippen LogP) is 1.10. The van der Waals surface area contributed by atoms with Gasteiger partial charge in [0, 0.05) is 32.4 Å². The number of rotatable bonds is 3. The topological polar surface area (TPSA) is 64.3 Å². The number of aromatic nitrogens is 2. The van der Waals surface area contributed by atoms with Gasteiger partial charge in [-0.05, 0) is 25.3 Å². The minimum atomic E-state index is 0.254. The smallest absolute Gasteiger partial charge is 0.225 e. The van der Waals surface area contributed by atoms with Gasteiger partial charge in [-0.25, -0.2) is 9.97 Å². The van der Waals surface area contributed by atoms with E-state index in [1.54, 1.807) is 7.11 Å². The zero-order valence-corrected chi connectivity index (χ0v) is 11.4. The zero-order chi connectivity index (χ0) is 13.1. The summed E-state index contributed by atoms with van der Waals surface area (Å²) in [6.45, 7) is 6.49. The quantitative estimate of drug-likeness (QED) is 0.870. The van der Waals surface area contributed by atoms with Crippen LogP contribution in [0.3, 0.4) is 0 Å². The Hall–Kier alpha value is -1.20. The second-order valence-corrected chi connectivity index (χ2v) is 4.99. The highest BCUT2D eigenvalue weighted by atomic mass is 16.5. The predicted molar refractivity (Wildman–Crippen MR) is 71.5 cm³/mol. The van der Waals surface area contributed by atoms with Crippen LogP contribution in [0.1, 0.15) is 24.7 Å². The van der Waals surface area contributed by atoms with Gasteiger partial charge in [0.2, 0.25) is 5.95 Å². The number of methoxy groups -OCH3 is 1. The monoisotopic (exact) mass is 250 g/mol. The van der Waals surface area contributed by atoms with E-state index in [2.05, 4.69) is 21.8 Å². The third-order valence-electron chi connectivity index (χ3n) is 3.58. The van der Waals surface area contributed by atoms with Crippen molar-refractivity contribution in [2.45, 2.75) is 32.9 Å². The van der Waals surface area contributed by atoms with Crippen molar-refractivity contribution in [3.63, 3.8) is 0 Å². The minimum absolute atomic E-state index is 0.254. The number of hydrogen-bond donors (Lipinski definition) is 1. The van der Waals surface area contributed by atoms with Crippen molar-refractivity contribution in [3.8, 4) is 0 Å². The summed E-state index contributed by atoms with van der Waals surface area (Å²) >= 11 is 0. The Balaban J connectivity index is 2.18. The highest BCUT2D eigenvalue weighted by molar-refractivity contribution is 5.33. The molecule has 100 valence electrons. The molecule has 0 bridgehead atoms. The molecular formula is C13H22N4O. The van der Waals surface area contributed by atoms with Gasteiger partial charge in [-0.15, -0.1) is 0 Å². The molecule has 18 heavy (non-hydrogen) atoms. The maximum absolute atomic E-state index is 5.66. The van der Waals surface area contributed by atoms with Gasteiger partial charge in [0.25, 0.3) is 0 Å². The fraction of sp³-hybridized carbons (Fsp3) is 0.692. The first-order chi connectivity index (χ1) is 8.63. The largest absolute Gasteiger partial charge is 0.379 e. The molecule has 2 atom stereocenters. The molecule has 5 nitrogen and oxygen atoms in total. The third-order valence-corrected chi connectivity index (χ3v) is 3.58. The van der Waals surface area contributed by atoms with Gasteiger partial charge in [0.05, 0.1) is 11.8 Å². The molecule has 1 aromatic heterocycles. The van der Waals surface area contributed by atoms with Crippen LogP contribution in [0.25, 0.3) is 0 Å². The second kappa shape index (κ2) is 5.63. The summed E-state index contributed by atoms with van der Waals surface area (Å²) in [5.41, 5.74) is 7.52. The van der Waals surface area contributed by atoms with Crippen LogP contribution in [-0.4, -0.2) is 36.3 Å². The van der Waals surface area contributed by atoms with E-state index < -0.39 is 0 Å². The average molecular weight is 250 g/mol. The van der Waals surface area contributed by atoms with E-state index in [1.807, 2.05) is 13.0 Å². The molecule has 0 saturated carbocycles. The SMILES string of the molecule is COC1CN(c2nc(C)cc(CN)n2)CCC1C. The molecule has 2 heterocycles. The maximum atomic E-state index is 5.66. The first-order valence-electron chi connectivity index (χ1n) is 6.46. The van der Waals surface area contributed by atoms with Gasteiger partial charge >= 0.3 is 0 Å². The van der Waals surface area contributed by atoms with Crippen LogP contribution in [0, 0.1) is 12.8 Å². The van der Waals surface area contributed by atoms with Crippen molar-refractivity contribution in [2.24, 2.45) is 11.7 Å². The van der Waals surface area contributed by atoms with E-state index in [9.17, 15) is 0 Å². The molecule has 0 radical (unpaired) electrons. The zero-order valence-electron chi connectivity index (χ0n) is 11.4. The maximum Gasteiger partial charge on any atom is 0.225 e. The highest BCUT2D eigenvalue weighted by Crippen LogP contribution is 2.22. The lowest BCUT2D eigenvalue weighted by molar-refractivity contribution is 0.0494. The fourth-order valence-electron chi connectivity index (χ4n) is 2.39. The summed E-state index contributed by atoms with van der Waals surface area (Å²) < 4.78 is 5.52. The number of nitrogens with zero attached hydrogens (tertiary/aromatic N) is 3. The van der Waals surface area contributed by atoms with Gasteiger partial charge < -0.3 is 15.4 Å². The first-order valence-corrected chi connectivity index (χ1v) is 6.46. The molecule has 5 heteroatoms. The molecule has 2 unspecified atom stereocenters. The Bertz CT molecular complexity index is 410. The first kappa shape index (κ1) is 13.2. The van der Waals surface area contributed by atoms with Crippen molar-refractivity contribution < 1.29 is 4.74 Å². The molecule has 0 aliphatic carbocycles. The highest BCUT2D eigenvalue weighted by Gasteiger charge is 2.27. The molecule has 2 N–H and O–H groups in total. The van der Waals surface area contributed by atoms with Gasteiger partial charge in [-0.2, -0.15) is 0 Å². The van der Waals surface area contributed by atoms with E-state index in [0.717, 1.165) is 36.8 Å². The lowest BCUT2D eigenvalue weighted by atomic mass is 9.96. The number of ether oxygens (including phenoxy) is 1. The van der Waals surface area contributed by atoms with Crippen LogP contribution >= 0.6 is 0 Å². The summed E-state index contributed by atoms with van der Waals surface area (Å²) in [6.07, 6.45) is 1.36. The molecule has 1 aliphatic heterocycles. The van der Waals surface area contributed by atoms with Gasteiger partial charge in [-0.1, -0.05) is 6.92 Å². The van der Waals surface area contributed by atoms with E-state index >= 15 is 0 Å². The molecule has 1 fully saturated rings. The third kappa shape index (κ3) is 2.79. The van der Waals surface area contributed by atoms with Crippen molar-refractivity contribution in [1.82, 2.24) is 9.97 Å². The Morgan fingerprint density at radius 1 is 1.50 bits per heavy atom. The number of aryl methyl sites for hydroxylation is 1. The molecule has 0 aromatic carbocycles. The lowest BCUT2D eigenvalue weighted by Gasteiger charge is -2.36. The summed E-state index contributed by atoms with van der Waals surface area (Å²) in [5.74, 6) is 1.37. The van der Waals surface area contributed by atoms with Crippen molar-refractivity contribution in [1.29, 1.82) is 0 Å². The van der Waals surface area contributed by atoms with E-state index in [4.69, 9.17) is 10.5 Å². The second-order valence-electron chi connectivity index (χ2n) is 4.99. The number of anilines is 1. The van der Waals surface area contributed by atoms with E-state index in [-0.39, 0.29) is 6.10 Å². The van der Waals surface area contributed by atoms with Crippen LogP contribution in [0.15, 0.2) is 6.07 Å².